The normalized spacial score (nSPS) is 16.8. The third kappa shape index (κ3) is 2.19. The van der Waals surface area contributed by atoms with E-state index in [0.717, 1.165) is 0 Å². The number of hydrogen-bond acceptors (Lipinski definition) is 4. The van der Waals surface area contributed by atoms with E-state index < -0.39 is 11.4 Å². The second-order valence-electron chi connectivity index (χ2n) is 4.00. The van der Waals surface area contributed by atoms with Crippen LogP contribution in [0.1, 0.15) is 12.8 Å². The van der Waals surface area contributed by atoms with Crippen LogP contribution in [0.5, 0.6) is 0 Å². The second kappa shape index (κ2) is 3.60. The van der Waals surface area contributed by atoms with Crippen molar-refractivity contribution in [2.75, 3.05) is 5.32 Å². The maximum atomic E-state index is 11.6. The molecular formula is C9H13N5O2. The monoisotopic (exact) mass is 223 g/mol. The lowest BCUT2D eigenvalue weighted by molar-refractivity contribution is -0.119. The summed E-state index contributed by atoms with van der Waals surface area (Å²) in [7, 11) is 0. The van der Waals surface area contributed by atoms with E-state index >= 15 is 0 Å². The lowest BCUT2D eigenvalue weighted by atomic mass is 10.3. The van der Waals surface area contributed by atoms with Crippen molar-refractivity contribution in [3.63, 3.8) is 0 Å². The average Bonchev–Trinajstić information content (AvgIpc) is 2.79. The van der Waals surface area contributed by atoms with E-state index in [1.807, 2.05) is 0 Å². The van der Waals surface area contributed by atoms with Crippen molar-refractivity contribution in [3.05, 3.63) is 12.4 Å². The molecule has 5 N–H and O–H groups in total. The van der Waals surface area contributed by atoms with Crippen molar-refractivity contribution in [3.8, 4) is 0 Å². The van der Waals surface area contributed by atoms with Gasteiger partial charge in [-0.15, -0.1) is 0 Å². The van der Waals surface area contributed by atoms with Crippen LogP contribution in [0.25, 0.3) is 0 Å². The van der Waals surface area contributed by atoms with Gasteiger partial charge in [0.1, 0.15) is 6.54 Å². The van der Waals surface area contributed by atoms with Gasteiger partial charge in [-0.1, -0.05) is 0 Å². The van der Waals surface area contributed by atoms with Gasteiger partial charge in [-0.3, -0.25) is 14.3 Å². The predicted octanol–water partition coefficient (Wildman–Crippen LogP) is -1.20. The summed E-state index contributed by atoms with van der Waals surface area (Å²) in [5.41, 5.74) is 10.5. The third-order valence-corrected chi connectivity index (χ3v) is 2.45. The van der Waals surface area contributed by atoms with Gasteiger partial charge >= 0.3 is 0 Å². The fraction of sp³-hybridized carbons (Fsp3) is 0.444. The van der Waals surface area contributed by atoms with Crippen LogP contribution in [0.3, 0.4) is 0 Å². The molecule has 86 valence electrons. The van der Waals surface area contributed by atoms with Gasteiger partial charge in [0.2, 0.25) is 11.8 Å². The predicted molar refractivity (Wildman–Crippen MR) is 56.2 cm³/mol. The first kappa shape index (κ1) is 10.6. The summed E-state index contributed by atoms with van der Waals surface area (Å²) in [5, 5.41) is 6.51. The molecule has 1 fully saturated rings. The van der Waals surface area contributed by atoms with E-state index in [-0.39, 0.29) is 12.5 Å². The maximum Gasteiger partial charge on any atom is 0.244 e. The summed E-state index contributed by atoms with van der Waals surface area (Å²) in [5.74, 6) is -0.704. The minimum atomic E-state index is -0.716. The summed E-state index contributed by atoms with van der Waals surface area (Å²) in [6, 6.07) is 0. The lowest BCUT2D eigenvalue weighted by Crippen LogP contribution is -2.37. The Morgan fingerprint density at radius 2 is 2.25 bits per heavy atom. The Bertz CT molecular complexity index is 435. The molecule has 1 aliphatic rings. The summed E-state index contributed by atoms with van der Waals surface area (Å²) in [4.78, 5) is 22.2. The van der Waals surface area contributed by atoms with Gasteiger partial charge < -0.3 is 16.8 Å². The Balaban J connectivity index is 1.97. The Kier molecular flexibility index (Phi) is 2.39. The van der Waals surface area contributed by atoms with Gasteiger partial charge in [0, 0.05) is 6.20 Å². The largest absolute Gasteiger partial charge is 0.368 e. The molecule has 0 atom stereocenters. The molecule has 0 bridgehead atoms. The van der Waals surface area contributed by atoms with Crippen molar-refractivity contribution in [1.82, 2.24) is 9.78 Å². The van der Waals surface area contributed by atoms with Crippen LogP contribution in [-0.4, -0.2) is 27.1 Å². The van der Waals surface area contributed by atoms with Gasteiger partial charge in [0.15, 0.2) is 0 Å². The van der Waals surface area contributed by atoms with Crippen molar-refractivity contribution >= 4 is 17.5 Å². The van der Waals surface area contributed by atoms with Crippen LogP contribution in [0.4, 0.5) is 5.69 Å². The zero-order chi connectivity index (χ0) is 11.8. The quantitative estimate of drug-likeness (QED) is 0.594. The minimum Gasteiger partial charge on any atom is -0.368 e. The number of nitrogens with two attached hydrogens (primary N) is 2. The molecular weight excluding hydrogens is 210 g/mol. The molecule has 1 aromatic heterocycles. The zero-order valence-electron chi connectivity index (χ0n) is 8.64. The number of carbonyl (C=O) groups is 2. The smallest absolute Gasteiger partial charge is 0.244 e. The molecule has 2 rings (SSSR count). The lowest BCUT2D eigenvalue weighted by Gasteiger charge is -2.07. The minimum absolute atomic E-state index is 0.0103. The van der Waals surface area contributed by atoms with E-state index in [4.69, 9.17) is 11.5 Å². The van der Waals surface area contributed by atoms with Gasteiger partial charge in [-0.2, -0.15) is 5.10 Å². The number of anilines is 1. The topological polar surface area (TPSA) is 116 Å². The molecule has 0 unspecified atom stereocenters. The molecule has 0 aliphatic heterocycles. The van der Waals surface area contributed by atoms with Crippen LogP contribution in [0.15, 0.2) is 12.4 Å². The molecule has 0 spiro atoms. The molecule has 16 heavy (non-hydrogen) atoms. The fourth-order valence-electron chi connectivity index (χ4n) is 1.29. The molecule has 1 heterocycles. The van der Waals surface area contributed by atoms with Crippen LogP contribution >= 0.6 is 0 Å². The van der Waals surface area contributed by atoms with Crippen LogP contribution in [0, 0.1) is 0 Å². The van der Waals surface area contributed by atoms with Gasteiger partial charge in [-0.25, -0.2) is 0 Å². The molecule has 0 saturated heterocycles. The van der Waals surface area contributed by atoms with E-state index in [9.17, 15) is 9.59 Å². The fourth-order valence-corrected chi connectivity index (χ4v) is 1.29. The summed E-state index contributed by atoms with van der Waals surface area (Å²) in [6.07, 6.45) is 4.39. The summed E-state index contributed by atoms with van der Waals surface area (Å²) >= 11 is 0. The number of rotatable bonds is 4. The molecule has 2 amide bonds. The van der Waals surface area contributed by atoms with E-state index in [2.05, 4.69) is 10.4 Å². The van der Waals surface area contributed by atoms with Gasteiger partial charge in [0.05, 0.1) is 17.4 Å². The third-order valence-electron chi connectivity index (χ3n) is 2.45. The molecule has 7 heteroatoms. The highest BCUT2D eigenvalue weighted by molar-refractivity contribution is 5.99. The highest BCUT2D eigenvalue weighted by Gasteiger charge is 2.46. The number of nitrogens with one attached hydrogen (secondary N) is 1. The Morgan fingerprint density at radius 3 is 2.81 bits per heavy atom. The number of carbonyl (C=O) groups excluding carboxylic acids is 2. The zero-order valence-corrected chi connectivity index (χ0v) is 8.64. The number of primary amides is 1. The van der Waals surface area contributed by atoms with E-state index in [1.54, 1.807) is 0 Å². The highest BCUT2D eigenvalue weighted by Crippen LogP contribution is 2.33. The van der Waals surface area contributed by atoms with Crippen molar-refractivity contribution in [2.24, 2.45) is 11.5 Å². The molecule has 1 aromatic rings. The maximum absolute atomic E-state index is 11.6. The summed E-state index contributed by atoms with van der Waals surface area (Å²) < 4.78 is 1.36. The standard InChI is InChI=1S/C9H13N5O2/c10-7(15)5-14-4-6(3-12-14)13-8(16)9(11)1-2-9/h3-4H,1-2,5,11H2,(H2,10,15)(H,13,16). The van der Waals surface area contributed by atoms with E-state index in [0.29, 0.717) is 18.5 Å². The molecule has 1 aliphatic carbocycles. The average molecular weight is 223 g/mol. The van der Waals surface area contributed by atoms with Crippen molar-refractivity contribution in [2.45, 2.75) is 24.9 Å². The van der Waals surface area contributed by atoms with Gasteiger partial charge in [0.25, 0.3) is 0 Å². The van der Waals surface area contributed by atoms with Crippen LogP contribution in [-0.2, 0) is 16.1 Å². The first-order valence-electron chi connectivity index (χ1n) is 4.91. The number of nitrogens with zero attached hydrogens (tertiary/aromatic N) is 2. The second-order valence-corrected chi connectivity index (χ2v) is 4.00. The SMILES string of the molecule is NC(=O)Cn1cc(NC(=O)C2(N)CC2)cn1. The molecule has 0 aromatic carbocycles. The number of amides is 2. The Labute approximate surface area is 91.8 Å². The molecule has 1 saturated carbocycles. The van der Waals surface area contributed by atoms with Crippen LogP contribution in [0.2, 0.25) is 0 Å². The first-order valence-corrected chi connectivity index (χ1v) is 4.91. The first-order chi connectivity index (χ1) is 7.49. The van der Waals surface area contributed by atoms with Gasteiger partial charge in [-0.05, 0) is 12.8 Å². The molecule has 7 nitrogen and oxygen atoms in total. The molecule has 0 radical (unpaired) electrons. The van der Waals surface area contributed by atoms with Crippen molar-refractivity contribution in [1.29, 1.82) is 0 Å². The summed E-state index contributed by atoms with van der Waals surface area (Å²) in [6.45, 7) is -0.0103. The Morgan fingerprint density at radius 1 is 1.56 bits per heavy atom. The highest BCUT2D eigenvalue weighted by atomic mass is 16.2. The van der Waals surface area contributed by atoms with Crippen LogP contribution < -0.4 is 16.8 Å². The van der Waals surface area contributed by atoms with Crippen molar-refractivity contribution < 1.29 is 9.59 Å². The number of hydrogen-bond donors (Lipinski definition) is 3. The van der Waals surface area contributed by atoms with E-state index in [1.165, 1.54) is 17.1 Å². The Hall–Kier alpha value is -1.89. The number of aromatic nitrogens is 2.